The van der Waals surface area contributed by atoms with Crippen LogP contribution in [0.15, 0.2) is 82.2 Å². The number of aromatic nitrogens is 1. The summed E-state index contributed by atoms with van der Waals surface area (Å²) >= 11 is 1.45. The number of carbonyl (C=O) groups excluding carboxylic acids is 1. The van der Waals surface area contributed by atoms with E-state index in [-0.39, 0.29) is 12.5 Å². The van der Waals surface area contributed by atoms with Crippen molar-refractivity contribution in [2.24, 2.45) is 10.1 Å². The Balaban J connectivity index is 1.57. The second kappa shape index (κ2) is 10.3. The summed E-state index contributed by atoms with van der Waals surface area (Å²) in [6.45, 7) is 2.55. The molecule has 9 heteroatoms. The van der Waals surface area contributed by atoms with E-state index >= 15 is 0 Å². The fourth-order valence-corrected chi connectivity index (χ4v) is 4.45. The second-order valence-corrected chi connectivity index (χ2v) is 8.62. The Bertz CT molecular complexity index is 1540. The molecule has 1 N–H and O–H groups in total. The van der Waals surface area contributed by atoms with Gasteiger partial charge in [0.25, 0.3) is 5.91 Å². The monoisotopic (exact) mass is 495 g/mol. The lowest BCUT2D eigenvalue weighted by Crippen LogP contribution is -2.25. The van der Waals surface area contributed by atoms with Gasteiger partial charge in [-0.3, -0.25) is 4.79 Å². The van der Waals surface area contributed by atoms with Crippen LogP contribution in [0.4, 0.5) is 11.4 Å². The number of nitrogens with zero attached hydrogens (tertiary/aromatic N) is 4. The van der Waals surface area contributed by atoms with Crippen LogP contribution in [0, 0.1) is 11.3 Å². The minimum Gasteiger partial charge on any atom is -0.494 e. The van der Waals surface area contributed by atoms with Crippen LogP contribution in [-0.4, -0.2) is 30.0 Å². The van der Waals surface area contributed by atoms with Gasteiger partial charge in [0.05, 0.1) is 41.5 Å². The van der Waals surface area contributed by atoms with Crippen LogP contribution in [0.5, 0.6) is 11.5 Å². The lowest BCUT2D eigenvalue weighted by Gasteiger charge is -2.18. The molecule has 2 heterocycles. The van der Waals surface area contributed by atoms with Crippen LogP contribution in [0.2, 0.25) is 0 Å². The fraction of sp³-hybridized carbons (Fsp3) is 0.111. The summed E-state index contributed by atoms with van der Waals surface area (Å²) in [7, 11) is 0. The molecule has 1 aromatic heterocycles. The molecule has 3 aromatic carbocycles. The fourth-order valence-electron chi connectivity index (χ4n) is 3.59. The zero-order valence-corrected chi connectivity index (χ0v) is 20.2. The van der Waals surface area contributed by atoms with Gasteiger partial charge in [-0.05, 0) is 67.1 Å². The van der Waals surface area contributed by atoms with Crippen LogP contribution in [0.25, 0.3) is 11.3 Å². The first-order valence-electron chi connectivity index (χ1n) is 11.2. The number of thiazole rings is 1. The van der Waals surface area contributed by atoms with E-state index in [4.69, 9.17) is 24.8 Å². The summed E-state index contributed by atoms with van der Waals surface area (Å²) in [5.74, 6) is 1.22. The van der Waals surface area contributed by atoms with Crippen molar-refractivity contribution in [1.82, 2.24) is 4.68 Å². The first kappa shape index (κ1) is 23.1. The maximum atomic E-state index is 11.8. The minimum atomic E-state index is -0.192. The van der Waals surface area contributed by atoms with Crippen molar-refractivity contribution in [3.05, 3.63) is 88.0 Å². The summed E-state index contributed by atoms with van der Waals surface area (Å²) in [6.07, 6.45) is 1.72. The molecule has 5 rings (SSSR count). The quantitative estimate of drug-likeness (QED) is 0.383. The van der Waals surface area contributed by atoms with E-state index in [2.05, 4.69) is 11.4 Å². The van der Waals surface area contributed by atoms with E-state index in [1.807, 2.05) is 66.9 Å². The molecule has 0 fully saturated rings. The third-order valence-corrected chi connectivity index (χ3v) is 6.14. The number of hydrogen-bond donors (Lipinski definition) is 1. The highest BCUT2D eigenvalue weighted by molar-refractivity contribution is 7.07. The van der Waals surface area contributed by atoms with Gasteiger partial charge < -0.3 is 14.8 Å². The highest BCUT2D eigenvalue weighted by atomic mass is 32.1. The van der Waals surface area contributed by atoms with Gasteiger partial charge in [-0.1, -0.05) is 12.1 Å². The van der Waals surface area contributed by atoms with Crippen LogP contribution >= 0.6 is 11.3 Å². The third-order valence-electron chi connectivity index (χ3n) is 5.33. The number of fused-ring (bicyclic) bond motifs is 1. The molecule has 0 aliphatic carbocycles. The average molecular weight is 496 g/mol. The molecule has 0 bridgehead atoms. The Morgan fingerprint density at radius 1 is 1.17 bits per heavy atom. The Kier molecular flexibility index (Phi) is 6.60. The lowest BCUT2D eigenvalue weighted by molar-refractivity contribution is -0.118. The van der Waals surface area contributed by atoms with Crippen molar-refractivity contribution in [3.63, 3.8) is 0 Å². The minimum absolute atomic E-state index is 0.00476. The van der Waals surface area contributed by atoms with Crippen LogP contribution in [0.1, 0.15) is 18.1 Å². The number of ether oxygens (including phenoxy) is 2. The number of amides is 1. The number of nitrogens with one attached hydrogen (secondary N) is 1. The molecule has 0 saturated carbocycles. The molecular weight excluding hydrogens is 474 g/mol. The van der Waals surface area contributed by atoms with Crippen molar-refractivity contribution in [1.29, 1.82) is 5.26 Å². The van der Waals surface area contributed by atoms with E-state index in [1.165, 1.54) is 11.3 Å². The van der Waals surface area contributed by atoms with Crippen molar-refractivity contribution >= 4 is 34.8 Å². The molecule has 0 radical (unpaired) electrons. The maximum absolute atomic E-state index is 11.8. The van der Waals surface area contributed by atoms with Crippen molar-refractivity contribution < 1.29 is 14.3 Å². The molecule has 36 heavy (non-hydrogen) atoms. The number of nitriles is 1. The number of carbonyl (C=O) groups is 1. The average Bonchev–Trinajstić information content (AvgIpc) is 3.30. The van der Waals surface area contributed by atoms with Gasteiger partial charge >= 0.3 is 0 Å². The molecular formula is C27H21N5O3S. The Hall–Kier alpha value is -4.68. The van der Waals surface area contributed by atoms with Crippen LogP contribution in [0.3, 0.4) is 0 Å². The standard InChI is InChI=1S/C27H21N5O3S/c1-2-34-22-10-8-21(9-11-22)30-27-32(29-15-19-5-3-18(14-28)4-6-19)24(17-36-27)20-7-12-25-23(13-20)31-26(33)16-35-25/h3-13,15,17H,2,16H2,1H3,(H,31,33)/b29-15+,30-27?. The van der Waals surface area contributed by atoms with E-state index < -0.39 is 0 Å². The van der Waals surface area contributed by atoms with E-state index in [0.717, 1.165) is 28.3 Å². The van der Waals surface area contributed by atoms with E-state index in [0.29, 0.717) is 28.4 Å². The first-order valence-corrected chi connectivity index (χ1v) is 12.1. The first-order chi connectivity index (χ1) is 17.6. The van der Waals surface area contributed by atoms with E-state index in [9.17, 15) is 4.79 Å². The molecule has 0 saturated heterocycles. The van der Waals surface area contributed by atoms with Gasteiger partial charge in [0, 0.05) is 10.9 Å². The van der Waals surface area contributed by atoms with Crippen molar-refractivity contribution in [3.8, 4) is 28.8 Å². The zero-order valence-electron chi connectivity index (χ0n) is 19.3. The molecule has 4 aromatic rings. The molecule has 178 valence electrons. The maximum Gasteiger partial charge on any atom is 0.262 e. The Morgan fingerprint density at radius 3 is 2.72 bits per heavy atom. The van der Waals surface area contributed by atoms with Crippen molar-refractivity contribution in [2.45, 2.75) is 6.92 Å². The molecule has 1 amide bonds. The summed E-state index contributed by atoms with van der Waals surface area (Å²) in [5.41, 5.74) is 4.46. The molecule has 1 aliphatic heterocycles. The lowest BCUT2D eigenvalue weighted by atomic mass is 10.1. The molecule has 1 aliphatic rings. The highest BCUT2D eigenvalue weighted by Crippen LogP contribution is 2.33. The number of hydrogen-bond acceptors (Lipinski definition) is 7. The summed E-state index contributed by atoms with van der Waals surface area (Å²) in [4.78, 5) is 17.3. The third kappa shape index (κ3) is 5.04. The predicted octanol–water partition coefficient (Wildman–Crippen LogP) is 4.93. The van der Waals surface area contributed by atoms with Gasteiger partial charge in [-0.15, -0.1) is 11.3 Å². The smallest absolute Gasteiger partial charge is 0.262 e. The van der Waals surface area contributed by atoms with Crippen LogP contribution < -0.4 is 19.6 Å². The largest absolute Gasteiger partial charge is 0.494 e. The zero-order chi connectivity index (χ0) is 24.9. The van der Waals surface area contributed by atoms with Gasteiger partial charge in [0.15, 0.2) is 6.61 Å². The Morgan fingerprint density at radius 2 is 1.97 bits per heavy atom. The van der Waals surface area contributed by atoms with Gasteiger partial charge in [0.2, 0.25) is 4.80 Å². The summed E-state index contributed by atoms with van der Waals surface area (Å²) in [5, 5.41) is 18.6. The van der Waals surface area contributed by atoms with E-state index in [1.54, 1.807) is 23.0 Å². The highest BCUT2D eigenvalue weighted by Gasteiger charge is 2.18. The van der Waals surface area contributed by atoms with Gasteiger partial charge in [0.1, 0.15) is 11.5 Å². The molecule has 0 spiro atoms. The van der Waals surface area contributed by atoms with Gasteiger partial charge in [-0.2, -0.15) is 10.4 Å². The van der Waals surface area contributed by atoms with Gasteiger partial charge in [-0.25, -0.2) is 9.67 Å². The van der Waals surface area contributed by atoms with Crippen molar-refractivity contribution in [2.75, 3.05) is 18.5 Å². The second-order valence-electron chi connectivity index (χ2n) is 7.78. The molecule has 0 unspecified atom stereocenters. The summed E-state index contributed by atoms with van der Waals surface area (Å²) < 4.78 is 12.8. The SMILES string of the molecule is CCOc1ccc(N=c2scc(-c3ccc4c(c3)NC(=O)CO4)n2/N=C/c2ccc(C#N)cc2)cc1. The number of rotatable bonds is 6. The predicted molar refractivity (Wildman–Crippen MR) is 139 cm³/mol. The van der Waals surface area contributed by atoms with Crippen LogP contribution in [-0.2, 0) is 4.79 Å². The molecule has 8 nitrogen and oxygen atoms in total. The summed E-state index contributed by atoms with van der Waals surface area (Å²) in [6, 6.07) is 22.5. The number of benzene rings is 3. The number of anilines is 1. The molecule has 0 atom stereocenters. The Labute approximate surface area is 211 Å². The normalized spacial score (nSPS) is 13.1. The topological polar surface area (TPSA) is 101 Å².